The lowest BCUT2D eigenvalue weighted by atomic mass is 9.79. The highest BCUT2D eigenvalue weighted by atomic mass is 14.9. The van der Waals surface area contributed by atoms with Gasteiger partial charge in [0.2, 0.25) is 0 Å². The minimum Gasteiger partial charge on any atom is -0.309 e. The summed E-state index contributed by atoms with van der Waals surface area (Å²) in [5, 5.41) is 6.48. The zero-order valence-electron chi connectivity index (χ0n) is 13.5. The van der Waals surface area contributed by atoms with E-state index in [-0.39, 0.29) is 5.41 Å². The molecule has 108 valence electrons. The van der Waals surface area contributed by atoms with Gasteiger partial charge in [-0.05, 0) is 47.2 Å². The van der Waals surface area contributed by atoms with E-state index in [1.54, 1.807) is 0 Å². The standard InChI is InChI=1S/C19H27N/c1-6-13-20-18(19(3,4)5)17-14(2)11-12-15-9-7-8-10-16(15)17/h7-12,18,20H,6,13H2,1-5H3. The summed E-state index contributed by atoms with van der Waals surface area (Å²) in [6, 6.07) is 13.6. The maximum atomic E-state index is 3.76. The summed E-state index contributed by atoms with van der Waals surface area (Å²) >= 11 is 0. The Labute approximate surface area is 123 Å². The molecule has 20 heavy (non-hydrogen) atoms. The molecular formula is C19H27N. The zero-order chi connectivity index (χ0) is 14.8. The van der Waals surface area contributed by atoms with Gasteiger partial charge in [0.25, 0.3) is 0 Å². The summed E-state index contributed by atoms with van der Waals surface area (Å²) in [5.74, 6) is 0. The summed E-state index contributed by atoms with van der Waals surface area (Å²) in [6.07, 6.45) is 1.16. The first-order chi connectivity index (χ1) is 9.45. The van der Waals surface area contributed by atoms with Crippen LogP contribution >= 0.6 is 0 Å². The monoisotopic (exact) mass is 269 g/mol. The van der Waals surface area contributed by atoms with Crippen LogP contribution in [0.4, 0.5) is 0 Å². The number of hydrogen-bond donors (Lipinski definition) is 1. The van der Waals surface area contributed by atoms with Crippen molar-refractivity contribution in [1.82, 2.24) is 5.32 Å². The van der Waals surface area contributed by atoms with Crippen molar-refractivity contribution in [3.8, 4) is 0 Å². The fourth-order valence-corrected chi connectivity index (χ4v) is 2.92. The van der Waals surface area contributed by atoms with E-state index >= 15 is 0 Å². The minimum atomic E-state index is 0.198. The van der Waals surface area contributed by atoms with Crippen LogP contribution < -0.4 is 5.32 Å². The Morgan fingerprint density at radius 1 is 1.05 bits per heavy atom. The van der Waals surface area contributed by atoms with Gasteiger partial charge in [-0.15, -0.1) is 0 Å². The normalized spacial score (nSPS) is 13.7. The minimum absolute atomic E-state index is 0.198. The van der Waals surface area contributed by atoms with Crippen LogP contribution in [0.25, 0.3) is 10.8 Å². The second kappa shape index (κ2) is 5.97. The Bertz CT molecular complexity index is 578. The molecule has 0 fully saturated rings. The van der Waals surface area contributed by atoms with Crippen molar-refractivity contribution >= 4 is 10.8 Å². The number of benzene rings is 2. The van der Waals surface area contributed by atoms with Crippen molar-refractivity contribution in [3.05, 3.63) is 47.5 Å². The number of hydrogen-bond acceptors (Lipinski definition) is 1. The van der Waals surface area contributed by atoms with Gasteiger partial charge in [0, 0.05) is 6.04 Å². The molecule has 2 rings (SSSR count). The van der Waals surface area contributed by atoms with Gasteiger partial charge >= 0.3 is 0 Å². The lowest BCUT2D eigenvalue weighted by molar-refractivity contribution is 0.274. The van der Waals surface area contributed by atoms with E-state index in [0.717, 1.165) is 13.0 Å². The molecule has 1 N–H and O–H groups in total. The van der Waals surface area contributed by atoms with Crippen LogP contribution in [0.5, 0.6) is 0 Å². The molecule has 0 saturated heterocycles. The fraction of sp³-hybridized carbons (Fsp3) is 0.474. The van der Waals surface area contributed by atoms with Crippen LogP contribution in [-0.4, -0.2) is 6.54 Å². The summed E-state index contributed by atoms with van der Waals surface area (Å²) in [5.41, 5.74) is 3.04. The third-order valence-electron chi connectivity index (χ3n) is 3.94. The lowest BCUT2D eigenvalue weighted by Gasteiger charge is -2.34. The molecule has 0 aromatic heterocycles. The third-order valence-corrected chi connectivity index (χ3v) is 3.94. The third kappa shape index (κ3) is 3.04. The van der Waals surface area contributed by atoms with Crippen molar-refractivity contribution in [2.45, 2.75) is 47.1 Å². The Morgan fingerprint density at radius 2 is 1.75 bits per heavy atom. The van der Waals surface area contributed by atoms with Crippen LogP contribution in [-0.2, 0) is 0 Å². The zero-order valence-corrected chi connectivity index (χ0v) is 13.5. The average Bonchev–Trinajstić information content (AvgIpc) is 2.40. The van der Waals surface area contributed by atoms with Crippen LogP contribution in [0, 0.1) is 12.3 Å². The Kier molecular flexibility index (Phi) is 4.49. The molecule has 0 aliphatic carbocycles. The molecule has 1 heteroatoms. The maximum absolute atomic E-state index is 3.76. The molecule has 1 unspecified atom stereocenters. The summed E-state index contributed by atoms with van der Waals surface area (Å²) < 4.78 is 0. The molecule has 1 atom stereocenters. The molecule has 0 bridgehead atoms. The number of nitrogens with one attached hydrogen (secondary N) is 1. The number of aryl methyl sites for hydroxylation is 1. The molecule has 0 radical (unpaired) electrons. The average molecular weight is 269 g/mol. The van der Waals surface area contributed by atoms with E-state index in [9.17, 15) is 0 Å². The topological polar surface area (TPSA) is 12.0 Å². The molecule has 0 spiro atoms. The SMILES string of the molecule is CCCNC(c1c(C)ccc2ccccc12)C(C)(C)C. The Balaban J connectivity index is 2.60. The van der Waals surface area contributed by atoms with Gasteiger partial charge in [-0.1, -0.05) is 64.1 Å². The van der Waals surface area contributed by atoms with E-state index in [0.29, 0.717) is 6.04 Å². The molecule has 0 amide bonds. The Hall–Kier alpha value is -1.34. The van der Waals surface area contributed by atoms with Crippen molar-refractivity contribution in [3.63, 3.8) is 0 Å². The van der Waals surface area contributed by atoms with Gasteiger partial charge in [-0.2, -0.15) is 0 Å². The predicted molar refractivity (Wildman–Crippen MR) is 89.2 cm³/mol. The molecular weight excluding hydrogens is 242 g/mol. The molecule has 0 saturated carbocycles. The van der Waals surface area contributed by atoms with Crippen molar-refractivity contribution in [1.29, 1.82) is 0 Å². The molecule has 0 aliphatic rings. The first kappa shape index (κ1) is 15.1. The van der Waals surface area contributed by atoms with E-state index in [1.807, 2.05) is 0 Å². The molecule has 0 heterocycles. The van der Waals surface area contributed by atoms with Crippen LogP contribution in [0.3, 0.4) is 0 Å². The molecule has 2 aromatic carbocycles. The second-order valence-electron chi connectivity index (χ2n) is 6.77. The van der Waals surface area contributed by atoms with Crippen molar-refractivity contribution in [2.24, 2.45) is 5.41 Å². The summed E-state index contributed by atoms with van der Waals surface area (Å²) in [6.45, 7) is 12.5. The highest BCUT2D eigenvalue weighted by Gasteiger charge is 2.28. The number of fused-ring (bicyclic) bond motifs is 1. The highest BCUT2D eigenvalue weighted by Crippen LogP contribution is 2.38. The predicted octanol–water partition coefficient (Wildman–Crippen LogP) is 5.24. The van der Waals surface area contributed by atoms with Crippen LogP contribution in [0.15, 0.2) is 36.4 Å². The highest BCUT2D eigenvalue weighted by molar-refractivity contribution is 5.87. The molecule has 2 aromatic rings. The number of rotatable bonds is 4. The Morgan fingerprint density at radius 3 is 2.40 bits per heavy atom. The first-order valence-corrected chi connectivity index (χ1v) is 7.66. The summed E-state index contributed by atoms with van der Waals surface area (Å²) in [4.78, 5) is 0. The van der Waals surface area contributed by atoms with Gasteiger partial charge in [-0.3, -0.25) is 0 Å². The summed E-state index contributed by atoms with van der Waals surface area (Å²) in [7, 11) is 0. The van der Waals surface area contributed by atoms with Crippen molar-refractivity contribution < 1.29 is 0 Å². The van der Waals surface area contributed by atoms with Gasteiger partial charge < -0.3 is 5.32 Å². The lowest BCUT2D eigenvalue weighted by Crippen LogP contribution is -2.33. The van der Waals surface area contributed by atoms with Crippen LogP contribution in [0.1, 0.15) is 51.3 Å². The van der Waals surface area contributed by atoms with E-state index in [4.69, 9.17) is 0 Å². The van der Waals surface area contributed by atoms with Gasteiger partial charge in [0.1, 0.15) is 0 Å². The van der Waals surface area contributed by atoms with Crippen molar-refractivity contribution in [2.75, 3.05) is 6.54 Å². The van der Waals surface area contributed by atoms with E-state index in [2.05, 4.69) is 76.3 Å². The quantitative estimate of drug-likeness (QED) is 0.801. The van der Waals surface area contributed by atoms with Gasteiger partial charge in [0.05, 0.1) is 0 Å². The first-order valence-electron chi connectivity index (χ1n) is 7.66. The largest absolute Gasteiger partial charge is 0.309 e. The van der Waals surface area contributed by atoms with E-state index < -0.39 is 0 Å². The van der Waals surface area contributed by atoms with Gasteiger partial charge in [-0.25, -0.2) is 0 Å². The maximum Gasteiger partial charge on any atom is 0.0378 e. The molecule has 0 aliphatic heterocycles. The second-order valence-corrected chi connectivity index (χ2v) is 6.77. The fourth-order valence-electron chi connectivity index (χ4n) is 2.92. The molecule has 1 nitrogen and oxygen atoms in total. The smallest absolute Gasteiger partial charge is 0.0378 e. The van der Waals surface area contributed by atoms with E-state index in [1.165, 1.54) is 21.9 Å². The van der Waals surface area contributed by atoms with Gasteiger partial charge in [0.15, 0.2) is 0 Å². The van der Waals surface area contributed by atoms with Crippen LogP contribution in [0.2, 0.25) is 0 Å².